The molecular weight excluding hydrogens is 291 g/mol. The fourth-order valence-electron chi connectivity index (χ4n) is 1.09. The maximum absolute atomic E-state index is 10.7. The highest BCUT2D eigenvalue weighted by molar-refractivity contribution is 14.1. The van der Waals surface area contributed by atoms with Gasteiger partial charge in [-0.1, -0.05) is 19.4 Å². The third kappa shape index (κ3) is 2.97. The van der Waals surface area contributed by atoms with Crippen molar-refractivity contribution in [3.05, 3.63) is 27.3 Å². The molecule has 1 aromatic carbocycles. The van der Waals surface area contributed by atoms with Crippen molar-refractivity contribution in [2.75, 3.05) is 6.61 Å². The zero-order valence-corrected chi connectivity index (χ0v) is 10.3. The van der Waals surface area contributed by atoms with E-state index in [9.17, 15) is 4.79 Å². The Hall–Kier alpha value is -0.580. The van der Waals surface area contributed by atoms with Gasteiger partial charge >= 0.3 is 0 Å². The zero-order valence-electron chi connectivity index (χ0n) is 8.13. The predicted octanol–water partition coefficient (Wildman–Crippen LogP) is 3.28. The van der Waals surface area contributed by atoms with Crippen LogP contribution in [0, 0.1) is 3.57 Å². The number of ether oxygens (including phenoxy) is 1. The second kappa shape index (κ2) is 6.01. The molecule has 0 fully saturated rings. The quantitative estimate of drug-likeness (QED) is 0.474. The minimum absolute atomic E-state index is 0.632. The monoisotopic (exact) mass is 304 g/mol. The smallest absolute Gasteiger partial charge is 0.153 e. The first-order chi connectivity index (χ1) is 6.79. The Morgan fingerprint density at radius 1 is 1.50 bits per heavy atom. The average Bonchev–Trinajstić information content (AvgIpc) is 2.20. The number of unbranched alkanes of at least 4 members (excludes halogenated alkanes) is 1. The first kappa shape index (κ1) is 11.5. The summed E-state index contributed by atoms with van der Waals surface area (Å²) in [5.74, 6) is 0.719. The molecule has 0 amide bonds. The molecule has 0 heterocycles. The van der Waals surface area contributed by atoms with Crippen LogP contribution in [0.25, 0.3) is 0 Å². The van der Waals surface area contributed by atoms with Crippen LogP contribution < -0.4 is 4.74 Å². The Morgan fingerprint density at radius 3 is 2.93 bits per heavy atom. The number of carbonyl (C=O) groups is 1. The normalized spacial score (nSPS) is 9.86. The molecular formula is C11H13IO2. The van der Waals surface area contributed by atoms with Gasteiger partial charge in [0, 0.05) is 0 Å². The number of hydrogen-bond acceptors (Lipinski definition) is 2. The molecule has 0 aliphatic rings. The van der Waals surface area contributed by atoms with E-state index >= 15 is 0 Å². The summed E-state index contributed by atoms with van der Waals surface area (Å²) in [6, 6.07) is 5.57. The molecule has 76 valence electrons. The molecule has 0 aliphatic heterocycles. The van der Waals surface area contributed by atoms with Gasteiger partial charge in [-0.3, -0.25) is 4.79 Å². The maximum atomic E-state index is 10.7. The number of hydrogen-bond donors (Lipinski definition) is 0. The fourth-order valence-corrected chi connectivity index (χ4v) is 1.76. The zero-order chi connectivity index (χ0) is 10.4. The Bertz CT molecular complexity index is 310. The highest BCUT2D eigenvalue weighted by atomic mass is 127. The van der Waals surface area contributed by atoms with Crippen molar-refractivity contribution in [3.8, 4) is 5.75 Å². The molecule has 0 unspecified atom stereocenters. The topological polar surface area (TPSA) is 26.3 Å². The molecule has 0 saturated heterocycles. The van der Waals surface area contributed by atoms with Crippen LogP contribution in [0.3, 0.4) is 0 Å². The van der Waals surface area contributed by atoms with Gasteiger partial charge in [-0.2, -0.15) is 0 Å². The van der Waals surface area contributed by atoms with Crippen molar-refractivity contribution in [2.45, 2.75) is 19.8 Å². The Labute approximate surface area is 97.8 Å². The standard InChI is InChI=1S/C11H13IO2/c1-2-3-7-14-11-9(8-13)5-4-6-10(11)12/h4-6,8H,2-3,7H2,1H3. The maximum Gasteiger partial charge on any atom is 0.153 e. The summed E-state index contributed by atoms with van der Waals surface area (Å²) >= 11 is 2.18. The summed E-state index contributed by atoms with van der Waals surface area (Å²) in [4.78, 5) is 10.7. The van der Waals surface area contributed by atoms with Gasteiger partial charge in [-0.15, -0.1) is 0 Å². The molecule has 1 aromatic rings. The van der Waals surface area contributed by atoms with Crippen LogP contribution in [-0.4, -0.2) is 12.9 Å². The molecule has 0 bridgehead atoms. The van der Waals surface area contributed by atoms with Crippen molar-refractivity contribution in [2.24, 2.45) is 0 Å². The van der Waals surface area contributed by atoms with Crippen molar-refractivity contribution < 1.29 is 9.53 Å². The average molecular weight is 304 g/mol. The summed E-state index contributed by atoms with van der Waals surface area (Å²) in [5.41, 5.74) is 0.632. The highest BCUT2D eigenvalue weighted by Gasteiger charge is 2.06. The van der Waals surface area contributed by atoms with E-state index in [2.05, 4.69) is 29.5 Å². The van der Waals surface area contributed by atoms with Crippen LogP contribution in [0.4, 0.5) is 0 Å². The van der Waals surface area contributed by atoms with Crippen LogP contribution in [0.15, 0.2) is 18.2 Å². The van der Waals surface area contributed by atoms with E-state index in [-0.39, 0.29) is 0 Å². The van der Waals surface area contributed by atoms with Crippen molar-refractivity contribution in [1.82, 2.24) is 0 Å². The van der Waals surface area contributed by atoms with E-state index in [4.69, 9.17) is 4.74 Å². The molecule has 0 spiro atoms. The van der Waals surface area contributed by atoms with E-state index in [0.717, 1.165) is 28.4 Å². The SMILES string of the molecule is CCCCOc1c(I)cccc1C=O. The number of para-hydroxylation sites is 1. The lowest BCUT2D eigenvalue weighted by atomic mass is 10.2. The second-order valence-electron chi connectivity index (χ2n) is 2.98. The number of aldehydes is 1. The van der Waals surface area contributed by atoms with Gasteiger partial charge in [0.25, 0.3) is 0 Å². The summed E-state index contributed by atoms with van der Waals surface area (Å²) in [7, 11) is 0. The van der Waals surface area contributed by atoms with Crippen LogP contribution >= 0.6 is 22.6 Å². The van der Waals surface area contributed by atoms with Gasteiger partial charge < -0.3 is 4.74 Å². The molecule has 2 nitrogen and oxygen atoms in total. The largest absolute Gasteiger partial charge is 0.492 e. The molecule has 0 radical (unpaired) electrons. The van der Waals surface area contributed by atoms with Gasteiger partial charge in [0.05, 0.1) is 15.7 Å². The van der Waals surface area contributed by atoms with E-state index in [1.54, 1.807) is 6.07 Å². The molecule has 1 rings (SSSR count). The summed E-state index contributed by atoms with van der Waals surface area (Å²) in [6.07, 6.45) is 2.95. The van der Waals surface area contributed by atoms with Crippen LogP contribution in [0.5, 0.6) is 5.75 Å². The minimum atomic E-state index is 0.632. The second-order valence-corrected chi connectivity index (χ2v) is 4.14. The van der Waals surface area contributed by atoms with Gasteiger partial charge in [0.1, 0.15) is 5.75 Å². The van der Waals surface area contributed by atoms with Gasteiger partial charge in [0.2, 0.25) is 0 Å². The van der Waals surface area contributed by atoms with E-state index in [1.165, 1.54) is 0 Å². The third-order valence-corrected chi connectivity index (χ3v) is 2.72. The van der Waals surface area contributed by atoms with Crippen molar-refractivity contribution in [1.29, 1.82) is 0 Å². The lowest BCUT2D eigenvalue weighted by molar-refractivity contribution is 0.111. The molecule has 0 saturated carbocycles. The molecule has 3 heteroatoms. The lowest BCUT2D eigenvalue weighted by Gasteiger charge is -2.09. The minimum Gasteiger partial charge on any atom is -0.492 e. The van der Waals surface area contributed by atoms with Crippen LogP contribution in [0.2, 0.25) is 0 Å². The van der Waals surface area contributed by atoms with Crippen molar-refractivity contribution >= 4 is 28.9 Å². The Balaban J connectivity index is 2.77. The van der Waals surface area contributed by atoms with Crippen LogP contribution in [0.1, 0.15) is 30.1 Å². The lowest BCUT2D eigenvalue weighted by Crippen LogP contribution is -2.01. The van der Waals surface area contributed by atoms with Gasteiger partial charge in [0.15, 0.2) is 6.29 Å². The number of benzene rings is 1. The predicted molar refractivity (Wildman–Crippen MR) is 64.9 cm³/mol. The molecule has 0 atom stereocenters. The van der Waals surface area contributed by atoms with E-state index < -0.39 is 0 Å². The third-order valence-electron chi connectivity index (χ3n) is 1.87. The molecule has 0 aromatic heterocycles. The van der Waals surface area contributed by atoms with Crippen LogP contribution in [-0.2, 0) is 0 Å². The Kier molecular flexibility index (Phi) is 4.93. The summed E-state index contributed by atoms with van der Waals surface area (Å²) in [6.45, 7) is 2.79. The van der Waals surface area contributed by atoms with E-state index in [1.807, 2.05) is 12.1 Å². The van der Waals surface area contributed by atoms with Gasteiger partial charge in [-0.25, -0.2) is 0 Å². The highest BCUT2D eigenvalue weighted by Crippen LogP contribution is 2.24. The molecule has 14 heavy (non-hydrogen) atoms. The molecule has 0 aliphatic carbocycles. The van der Waals surface area contributed by atoms with E-state index in [0.29, 0.717) is 12.2 Å². The molecule has 0 N–H and O–H groups in total. The fraction of sp³-hybridized carbons (Fsp3) is 0.364. The number of carbonyl (C=O) groups excluding carboxylic acids is 1. The number of rotatable bonds is 5. The first-order valence-corrected chi connectivity index (χ1v) is 5.74. The first-order valence-electron chi connectivity index (χ1n) is 4.66. The number of halogens is 1. The van der Waals surface area contributed by atoms with Gasteiger partial charge in [-0.05, 0) is 41.1 Å². The Morgan fingerprint density at radius 2 is 2.29 bits per heavy atom. The summed E-state index contributed by atoms with van der Waals surface area (Å²) < 4.78 is 6.55. The summed E-state index contributed by atoms with van der Waals surface area (Å²) in [5, 5.41) is 0. The van der Waals surface area contributed by atoms with Crippen molar-refractivity contribution in [3.63, 3.8) is 0 Å².